The zero-order valence-electron chi connectivity index (χ0n) is 9.85. The van der Waals surface area contributed by atoms with Crippen molar-refractivity contribution >= 4 is 11.6 Å². The van der Waals surface area contributed by atoms with E-state index in [0.29, 0.717) is 11.6 Å². The van der Waals surface area contributed by atoms with Crippen LogP contribution in [-0.2, 0) is 6.54 Å². The van der Waals surface area contributed by atoms with E-state index in [1.54, 1.807) is 0 Å². The Balaban J connectivity index is 2.79. The Morgan fingerprint density at radius 2 is 2.25 bits per heavy atom. The van der Waals surface area contributed by atoms with Gasteiger partial charge in [-0.3, -0.25) is 0 Å². The first-order chi connectivity index (χ1) is 7.69. The maximum absolute atomic E-state index is 6.11. The van der Waals surface area contributed by atoms with E-state index in [2.05, 4.69) is 18.8 Å². The van der Waals surface area contributed by atoms with Gasteiger partial charge in [-0.15, -0.1) is 0 Å². The molecule has 0 bridgehead atoms. The van der Waals surface area contributed by atoms with Crippen molar-refractivity contribution in [1.82, 2.24) is 5.32 Å². The third-order valence-corrected chi connectivity index (χ3v) is 2.63. The van der Waals surface area contributed by atoms with Crippen LogP contribution in [0.2, 0.25) is 5.02 Å². The molecule has 0 aliphatic rings. The van der Waals surface area contributed by atoms with Gasteiger partial charge in [0, 0.05) is 12.1 Å². The summed E-state index contributed by atoms with van der Waals surface area (Å²) in [5, 5.41) is 3.74. The molecule has 88 valence electrons. The molecular weight excluding hydrogens is 222 g/mol. The van der Waals surface area contributed by atoms with E-state index in [1.165, 1.54) is 0 Å². The fourth-order valence-corrected chi connectivity index (χ4v) is 1.57. The molecule has 0 aliphatic carbocycles. The number of benzene rings is 1. The molecule has 0 fully saturated rings. The number of ether oxygens (including phenoxy) is 1. The van der Waals surface area contributed by atoms with Crippen LogP contribution in [0.1, 0.15) is 18.9 Å². The van der Waals surface area contributed by atoms with Crippen molar-refractivity contribution in [2.24, 2.45) is 0 Å². The minimum absolute atomic E-state index is 0.525. The lowest BCUT2D eigenvalue weighted by Crippen LogP contribution is -2.09. The van der Waals surface area contributed by atoms with E-state index in [-0.39, 0.29) is 0 Å². The minimum atomic E-state index is 0.525. The molecule has 0 radical (unpaired) electrons. The Hall–Kier alpha value is -0.990. The highest BCUT2D eigenvalue weighted by Gasteiger charge is 2.07. The lowest BCUT2D eigenvalue weighted by molar-refractivity contribution is 0.345. The molecule has 3 heteroatoms. The summed E-state index contributed by atoms with van der Waals surface area (Å²) in [6, 6.07) is 5.77. The Labute approximate surface area is 102 Å². The van der Waals surface area contributed by atoms with Gasteiger partial charge in [0.2, 0.25) is 0 Å². The highest BCUT2D eigenvalue weighted by atomic mass is 35.5. The fraction of sp³-hybridized carbons (Fsp3) is 0.385. The van der Waals surface area contributed by atoms with Crippen molar-refractivity contribution in [3.63, 3.8) is 0 Å². The summed E-state index contributed by atoms with van der Waals surface area (Å²) in [5.74, 6) is 0.758. The molecule has 0 unspecified atom stereocenters. The molecule has 1 rings (SSSR count). The van der Waals surface area contributed by atoms with Crippen LogP contribution in [0.25, 0.3) is 0 Å². The summed E-state index contributed by atoms with van der Waals surface area (Å²) in [6.07, 6.45) is 0.922. The van der Waals surface area contributed by atoms with Crippen LogP contribution < -0.4 is 10.1 Å². The minimum Gasteiger partial charge on any atom is -0.487 e. The quantitative estimate of drug-likeness (QED) is 0.769. The first-order valence-corrected chi connectivity index (χ1v) is 5.78. The summed E-state index contributed by atoms with van der Waals surface area (Å²) in [4.78, 5) is 0. The fourth-order valence-electron chi connectivity index (χ4n) is 1.32. The van der Waals surface area contributed by atoms with Crippen molar-refractivity contribution in [3.8, 4) is 5.75 Å². The number of para-hydroxylation sites is 1. The van der Waals surface area contributed by atoms with Crippen molar-refractivity contribution < 1.29 is 4.74 Å². The summed E-state index contributed by atoms with van der Waals surface area (Å²) in [7, 11) is 1.90. The molecule has 0 saturated carbocycles. The molecule has 2 nitrogen and oxygen atoms in total. The maximum atomic E-state index is 6.11. The normalized spacial score (nSPS) is 10.2. The largest absolute Gasteiger partial charge is 0.487 e. The molecule has 0 saturated heterocycles. The average molecular weight is 240 g/mol. The maximum Gasteiger partial charge on any atom is 0.142 e. The molecule has 0 aliphatic heterocycles. The van der Waals surface area contributed by atoms with Gasteiger partial charge in [0.15, 0.2) is 0 Å². The third kappa shape index (κ3) is 3.54. The smallest absolute Gasteiger partial charge is 0.142 e. The Kier molecular flexibility index (Phi) is 5.36. The predicted molar refractivity (Wildman–Crippen MR) is 69.1 cm³/mol. The Morgan fingerprint density at radius 3 is 2.88 bits per heavy atom. The van der Waals surface area contributed by atoms with E-state index in [9.17, 15) is 0 Å². The van der Waals surface area contributed by atoms with Gasteiger partial charge in [-0.05, 0) is 25.1 Å². The van der Waals surface area contributed by atoms with Gasteiger partial charge in [-0.1, -0.05) is 37.2 Å². The van der Waals surface area contributed by atoms with Crippen molar-refractivity contribution in [2.45, 2.75) is 19.9 Å². The first-order valence-electron chi connectivity index (χ1n) is 5.40. The number of rotatable bonds is 6. The molecule has 0 aromatic heterocycles. The van der Waals surface area contributed by atoms with Crippen LogP contribution in [0.15, 0.2) is 30.4 Å². The van der Waals surface area contributed by atoms with E-state index >= 15 is 0 Å². The van der Waals surface area contributed by atoms with Crippen LogP contribution >= 0.6 is 11.6 Å². The number of nitrogens with one attached hydrogen (secondary N) is 1. The molecule has 0 atom stereocenters. The van der Waals surface area contributed by atoms with E-state index in [0.717, 1.165) is 29.9 Å². The highest BCUT2D eigenvalue weighted by Crippen LogP contribution is 2.29. The molecule has 1 aromatic rings. The lowest BCUT2D eigenvalue weighted by Gasteiger charge is -2.13. The van der Waals surface area contributed by atoms with Crippen molar-refractivity contribution in [1.29, 1.82) is 0 Å². The van der Waals surface area contributed by atoms with Gasteiger partial charge >= 0.3 is 0 Å². The first kappa shape index (κ1) is 13.1. The lowest BCUT2D eigenvalue weighted by atomic mass is 10.2. The summed E-state index contributed by atoms with van der Waals surface area (Å²) < 4.78 is 5.70. The van der Waals surface area contributed by atoms with Gasteiger partial charge in [0.1, 0.15) is 12.4 Å². The molecule has 0 amide bonds. The molecule has 0 heterocycles. The molecule has 0 spiro atoms. The number of hydrogen-bond acceptors (Lipinski definition) is 2. The highest BCUT2D eigenvalue weighted by molar-refractivity contribution is 6.32. The molecule has 1 N–H and O–H groups in total. The van der Waals surface area contributed by atoms with Gasteiger partial charge in [-0.25, -0.2) is 0 Å². The Morgan fingerprint density at radius 1 is 1.50 bits per heavy atom. The van der Waals surface area contributed by atoms with Crippen LogP contribution in [0, 0.1) is 0 Å². The zero-order chi connectivity index (χ0) is 12.0. The topological polar surface area (TPSA) is 21.3 Å². The standard InChI is InChI=1S/C13H18ClNO/c1-4-10(2)9-16-13-11(8-15-3)6-5-7-12(13)14/h5-7,15H,2,4,8-9H2,1,3H3. The molecule has 16 heavy (non-hydrogen) atoms. The second-order valence-corrected chi connectivity index (χ2v) is 4.06. The zero-order valence-corrected chi connectivity index (χ0v) is 10.6. The van der Waals surface area contributed by atoms with E-state index in [4.69, 9.17) is 16.3 Å². The second-order valence-electron chi connectivity index (χ2n) is 3.65. The van der Waals surface area contributed by atoms with Gasteiger partial charge in [0.05, 0.1) is 5.02 Å². The van der Waals surface area contributed by atoms with Gasteiger partial charge < -0.3 is 10.1 Å². The molecule has 1 aromatic carbocycles. The predicted octanol–water partition coefficient (Wildman–Crippen LogP) is 3.40. The third-order valence-electron chi connectivity index (χ3n) is 2.34. The summed E-state index contributed by atoms with van der Waals surface area (Å²) in [6.45, 7) is 7.24. The molecular formula is C13H18ClNO. The van der Waals surface area contributed by atoms with Crippen molar-refractivity contribution in [3.05, 3.63) is 40.9 Å². The number of halogens is 1. The van der Waals surface area contributed by atoms with Gasteiger partial charge in [-0.2, -0.15) is 0 Å². The Bertz CT molecular complexity index is 363. The van der Waals surface area contributed by atoms with E-state index in [1.807, 2.05) is 25.2 Å². The average Bonchev–Trinajstić information content (AvgIpc) is 2.28. The van der Waals surface area contributed by atoms with Gasteiger partial charge in [0.25, 0.3) is 0 Å². The SMILES string of the molecule is C=C(CC)COc1c(Cl)cccc1CNC. The van der Waals surface area contributed by atoms with Crippen LogP contribution in [0.5, 0.6) is 5.75 Å². The van der Waals surface area contributed by atoms with Crippen molar-refractivity contribution in [2.75, 3.05) is 13.7 Å². The van der Waals surface area contributed by atoms with E-state index < -0.39 is 0 Å². The summed E-state index contributed by atoms with van der Waals surface area (Å²) >= 11 is 6.11. The van der Waals surface area contributed by atoms with Crippen LogP contribution in [0.4, 0.5) is 0 Å². The monoisotopic (exact) mass is 239 g/mol. The second kappa shape index (κ2) is 6.56. The van der Waals surface area contributed by atoms with Crippen LogP contribution in [-0.4, -0.2) is 13.7 Å². The van der Waals surface area contributed by atoms with Crippen LogP contribution in [0.3, 0.4) is 0 Å². The number of hydrogen-bond donors (Lipinski definition) is 1. The summed E-state index contributed by atoms with van der Waals surface area (Å²) in [5.41, 5.74) is 2.13.